The lowest BCUT2D eigenvalue weighted by Gasteiger charge is -2.42. The number of hydrogen-bond acceptors (Lipinski definition) is 4. The topological polar surface area (TPSA) is 52.6 Å². The minimum atomic E-state index is -0.657. The van der Waals surface area contributed by atoms with E-state index in [9.17, 15) is 9.59 Å². The van der Waals surface area contributed by atoms with Gasteiger partial charge in [0.25, 0.3) is 0 Å². The average molecular weight is 226 g/mol. The van der Waals surface area contributed by atoms with Crippen LogP contribution in [0.4, 0.5) is 0 Å². The first-order valence-corrected chi connectivity index (χ1v) is 5.91. The number of rotatable bonds is 3. The second-order valence-corrected chi connectivity index (χ2v) is 4.63. The first kappa shape index (κ1) is 11.7. The van der Waals surface area contributed by atoms with E-state index >= 15 is 0 Å². The molecule has 0 amide bonds. The third kappa shape index (κ3) is 1.92. The number of hydrogen-bond donors (Lipinski definition) is 0. The number of ether oxygens (including phenoxy) is 2. The van der Waals surface area contributed by atoms with Crippen LogP contribution < -0.4 is 0 Å². The monoisotopic (exact) mass is 226 g/mol. The molecule has 1 heterocycles. The van der Waals surface area contributed by atoms with Crippen LogP contribution in [0.25, 0.3) is 0 Å². The van der Waals surface area contributed by atoms with Crippen molar-refractivity contribution >= 4 is 12.1 Å². The van der Waals surface area contributed by atoms with Gasteiger partial charge >= 0.3 is 0 Å². The molecule has 1 spiro atoms. The van der Waals surface area contributed by atoms with Gasteiger partial charge in [-0.2, -0.15) is 0 Å². The molecule has 0 unspecified atom stereocenters. The smallest absolute Gasteiger partial charge is 0.172 e. The molecule has 0 aromatic carbocycles. The normalized spacial score (nSPS) is 32.8. The van der Waals surface area contributed by atoms with E-state index in [1.807, 2.05) is 0 Å². The molecule has 2 aliphatic rings. The zero-order valence-corrected chi connectivity index (χ0v) is 9.61. The Morgan fingerprint density at radius 1 is 1.44 bits per heavy atom. The fourth-order valence-electron chi connectivity index (χ4n) is 3.02. The number of carbonyl (C=O) groups is 2. The van der Waals surface area contributed by atoms with E-state index in [-0.39, 0.29) is 17.6 Å². The Hall–Kier alpha value is -0.740. The Balaban J connectivity index is 2.22. The van der Waals surface area contributed by atoms with Crippen molar-refractivity contribution in [3.8, 4) is 0 Å². The Bertz CT molecular complexity index is 281. The van der Waals surface area contributed by atoms with Gasteiger partial charge in [0, 0.05) is 24.7 Å². The number of ketones is 1. The highest BCUT2D eigenvalue weighted by Crippen LogP contribution is 2.45. The van der Waals surface area contributed by atoms with Gasteiger partial charge in [0.2, 0.25) is 0 Å². The van der Waals surface area contributed by atoms with Crippen molar-refractivity contribution in [3.63, 3.8) is 0 Å². The quantitative estimate of drug-likeness (QED) is 0.681. The molecule has 0 aromatic rings. The van der Waals surface area contributed by atoms with Crippen LogP contribution in [-0.2, 0) is 19.1 Å². The molecule has 2 atom stereocenters. The van der Waals surface area contributed by atoms with Gasteiger partial charge in [-0.15, -0.1) is 0 Å². The summed E-state index contributed by atoms with van der Waals surface area (Å²) in [6.45, 7) is 2.73. The first-order valence-electron chi connectivity index (χ1n) is 5.91. The van der Waals surface area contributed by atoms with E-state index in [4.69, 9.17) is 9.47 Å². The molecule has 16 heavy (non-hydrogen) atoms. The zero-order valence-electron chi connectivity index (χ0n) is 9.61. The van der Waals surface area contributed by atoms with E-state index in [0.29, 0.717) is 19.6 Å². The summed E-state index contributed by atoms with van der Waals surface area (Å²) in [7, 11) is 0. The number of carbonyl (C=O) groups excluding carboxylic acids is 2. The van der Waals surface area contributed by atoms with E-state index in [1.54, 1.807) is 6.92 Å². The lowest BCUT2D eigenvalue weighted by Crippen LogP contribution is -2.48. The molecular weight excluding hydrogens is 208 g/mol. The van der Waals surface area contributed by atoms with Gasteiger partial charge < -0.3 is 14.3 Å². The van der Waals surface area contributed by atoms with Crippen LogP contribution in [0.3, 0.4) is 0 Å². The standard InChI is InChI=1S/C12H18O4/c1-9(14)10-3-2-5-12(11(10)4-6-13)15-7-8-16-12/h6,10-11H,2-5,7-8H2,1H3/t10-,11-/m0/s1. The maximum Gasteiger partial charge on any atom is 0.172 e. The summed E-state index contributed by atoms with van der Waals surface area (Å²) in [6, 6.07) is 0. The molecule has 2 rings (SSSR count). The second kappa shape index (κ2) is 4.63. The van der Waals surface area contributed by atoms with Gasteiger partial charge in [-0.1, -0.05) is 0 Å². The maximum absolute atomic E-state index is 11.6. The summed E-state index contributed by atoms with van der Waals surface area (Å²) in [5.74, 6) is -0.698. The van der Waals surface area contributed by atoms with Crippen LogP contribution in [0.15, 0.2) is 0 Å². The molecule has 1 saturated carbocycles. The molecule has 0 bridgehead atoms. The predicted octanol–water partition coefficient (Wildman–Crippen LogP) is 1.32. The molecule has 2 fully saturated rings. The van der Waals surface area contributed by atoms with Crippen molar-refractivity contribution in [3.05, 3.63) is 0 Å². The average Bonchev–Trinajstić information content (AvgIpc) is 2.70. The Kier molecular flexibility index (Phi) is 3.40. The molecule has 4 heteroatoms. The molecule has 0 N–H and O–H groups in total. The third-order valence-corrected chi connectivity index (χ3v) is 3.74. The van der Waals surface area contributed by atoms with Gasteiger partial charge in [-0.05, 0) is 19.8 Å². The summed E-state index contributed by atoms with van der Waals surface area (Å²) in [5.41, 5.74) is 0. The van der Waals surface area contributed by atoms with Crippen LogP contribution in [0.2, 0.25) is 0 Å². The minimum absolute atomic E-state index is 0.0861. The zero-order chi connectivity index (χ0) is 11.6. The molecular formula is C12H18O4. The molecule has 0 radical (unpaired) electrons. The van der Waals surface area contributed by atoms with Crippen molar-refractivity contribution in [2.24, 2.45) is 11.8 Å². The molecule has 4 nitrogen and oxygen atoms in total. The Morgan fingerprint density at radius 2 is 2.12 bits per heavy atom. The van der Waals surface area contributed by atoms with Crippen molar-refractivity contribution in [2.45, 2.75) is 38.4 Å². The summed E-state index contributed by atoms with van der Waals surface area (Å²) in [5, 5.41) is 0. The van der Waals surface area contributed by atoms with E-state index in [1.165, 1.54) is 0 Å². The van der Waals surface area contributed by atoms with Crippen molar-refractivity contribution < 1.29 is 19.1 Å². The highest BCUT2D eigenvalue weighted by Gasteiger charge is 2.50. The second-order valence-electron chi connectivity index (χ2n) is 4.63. The summed E-state index contributed by atoms with van der Waals surface area (Å²) in [4.78, 5) is 22.4. The Morgan fingerprint density at radius 3 is 2.69 bits per heavy atom. The van der Waals surface area contributed by atoms with E-state index in [0.717, 1.165) is 25.5 Å². The number of Topliss-reactive ketones (excluding diaryl/α,β-unsaturated/α-hetero) is 1. The predicted molar refractivity (Wildman–Crippen MR) is 56.8 cm³/mol. The van der Waals surface area contributed by atoms with Crippen LogP contribution in [0.1, 0.15) is 32.6 Å². The third-order valence-electron chi connectivity index (χ3n) is 3.74. The van der Waals surface area contributed by atoms with Gasteiger partial charge in [0.15, 0.2) is 5.79 Å². The van der Waals surface area contributed by atoms with Gasteiger partial charge in [-0.25, -0.2) is 0 Å². The van der Waals surface area contributed by atoms with Gasteiger partial charge in [-0.3, -0.25) is 4.79 Å². The van der Waals surface area contributed by atoms with Crippen LogP contribution in [0.5, 0.6) is 0 Å². The van der Waals surface area contributed by atoms with Crippen LogP contribution in [0, 0.1) is 11.8 Å². The van der Waals surface area contributed by atoms with E-state index < -0.39 is 5.79 Å². The SMILES string of the molecule is CC(=O)[C@@H]1CCCC2(OCCO2)[C@H]1CC=O. The minimum Gasteiger partial charge on any atom is -0.347 e. The fraction of sp³-hybridized carbons (Fsp3) is 0.833. The lowest BCUT2D eigenvalue weighted by molar-refractivity contribution is -0.224. The molecule has 1 saturated heterocycles. The molecule has 1 aliphatic heterocycles. The maximum atomic E-state index is 11.6. The Labute approximate surface area is 95.3 Å². The summed E-state index contributed by atoms with van der Waals surface area (Å²) < 4.78 is 11.4. The summed E-state index contributed by atoms with van der Waals surface area (Å²) >= 11 is 0. The van der Waals surface area contributed by atoms with Crippen molar-refractivity contribution in [1.29, 1.82) is 0 Å². The van der Waals surface area contributed by atoms with Crippen molar-refractivity contribution in [1.82, 2.24) is 0 Å². The lowest BCUT2D eigenvalue weighted by atomic mass is 9.72. The largest absolute Gasteiger partial charge is 0.347 e. The highest BCUT2D eigenvalue weighted by atomic mass is 16.7. The van der Waals surface area contributed by atoms with Gasteiger partial charge in [0.05, 0.1) is 13.2 Å². The fourth-order valence-corrected chi connectivity index (χ4v) is 3.02. The van der Waals surface area contributed by atoms with Crippen LogP contribution in [-0.4, -0.2) is 31.1 Å². The highest BCUT2D eigenvalue weighted by molar-refractivity contribution is 5.79. The van der Waals surface area contributed by atoms with Crippen molar-refractivity contribution in [2.75, 3.05) is 13.2 Å². The first-order chi connectivity index (χ1) is 7.69. The molecule has 0 aromatic heterocycles. The molecule has 90 valence electrons. The van der Waals surface area contributed by atoms with E-state index in [2.05, 4.69) is 0 Å². The summed E-state index contributed by atoms with van der Waals surface area (Å²) in [6.07, 6.45) is 3.81. The molecule has 1 aliphatic carbocycles. The number of aldehydes is 1. The van der Waals surface area contributed by atoms with Gasteiger partial charge in [0.1, 0.15) is 12.1 Å². The van der Waals surface area contributed by atoms with Crippen LogP contribution >= 0.6 is 0 Å².